The first-order chi connectivity index (χ1) is 11.5. The third-order valence-electron chi connectivity index (χ3n) is 4.11. The summed E-state index contributed by atoms with van der Waals surface area (Å²) in [5.74, 6) is 0.438. The maximum absolute atomic E-state index is 12.4. The Morgan fingerprint density at radius 3 is 2.92 bits per heavy atom. The van der Waals surface area contributed by atoms with Crippen molar-refractivity contribution in [1.82, 2.24) is 20.1 Å². The summed E-state index contributed by atoms with van der Waals surface area (Å²) in [6.45, 7) is 1.94. The standard InChI is InChI=1S/C16H18BrN5O2/c1-9-5-10(17)3-4-13(9)20-14(23)7-22(2)16(24)12-6-11(12)15-18-8-19-21-15/h3-5,8,11-12H,6-7H2,1-2H3,(H,20,23)(H,18,19,21)/t11-,12+/m1/s1. The molecule has 1 saturated carbocycles. The van der Waals surface area contributed by atoms with Crippen LogP contribution in [-0.2, 0) is 9.59 Å². The molecule has 0 bridgehead atoms. The van der Waals surface area contributed by atoms with Crippen LogP contribution in [0.1, 0.15) is 23.7 Å². The van der Waals surface area contributed by atoms with Crippen molar-refractivity contribution >= 4 is 33.4 Å². The SMILES string of the molecule is Cc1cc(Br)ccc1NC(=O)CN(C)C(=O)[C@H]1C[C@H]1c1ncn[nH]1. The normalized spacial score (nSPS) is 19.0. The molecule has 0 spiro atoms. The lowest BCUT2D eigenvalue weighted by Gasteiger charge is -2.17. The largest absolute Gasteiger partial charge is 0.336 e. The number of anilines is 1. The number of carbonyl (C=O) groups is 2. The number of halogens is 1. The quantitative estimate of drug-likeness (QED) is 0.815. The molecule has 1 aromatic heterocycles. The van der Waals surface area contributed by atoms with Crippen LogP contribution in [0.4, 0.5) is 5.69 Å². The van der Waals surface area contributed by atoms with Gasteiger partial charge in [-0.3, -0.25) is 14.7 Å². The molecule has 1 aliphatic carbocycles. The zero-order chi connectivity index (χ0) is 17.3. The summed E-state index contributed by atoms with van der Waals surface area (Å²) in [6.07, 6.45) is 2.18. The summed E-state index contributed by atoms with van der Waals surface area (Å²) < 4.78 is 0.956. The Hall–Kier alpha value is -2.22. The first-order valence-corrected chi connectivity index (χ1v) is 8.41. The van der Waals surface area contributed by atoms with Crippen molar-refractivity contribution < 1.29 is 9.59 Å². The molecule has 0 saturated heterocycles. The molecular formula is C16H18BrN5O2. The van der Waals surface area contributed by atoms with Crippen molar-refractivity contribution in [2.45, 2.75) is 19.3 Å². The Morgan fingerprint density at radius 1 is 1.46 bits per heavy atom. The van der Waals surface area contributed by atoms with Crippen molar-refractivity contribution in [3.8, 4) is 0 Å². The highest BCUT2D eigenvalue weighted by atomic mass is 79.9. The van der Waals surface area contributed by atoms with Crippen LogP contribution in [0.15, 0.2) is 29.0 Å². The zero-order valence-corrected chi connectivity index (χ0v) is 15.0. The van der Waals surface area contributed by atoms with Gasteiger partial charge in [0.2, 0.25) is 11.8 Å². The Labute approximate surface area is 148 Å². The van der Waals surface area contributed by atoms with Gasteiger partial charge in [-0.25, -0.2) is 4.98 Å². The summed E-state index contributed by atoms with van der Waals surface area (Å²) in [7, 11) is 1.64. The lowest BCUT2D eigenvalue weighted by atomic mass is 10.2. The van der Waals surface area contributed by atoms with E-state index in [0.29, 0.717) is 0 Å². The number of rotatable bonds is 5. The molecule has 126 valence electrons. The van der Waals surface area contributed by atoms with E-state index in [1.807, 2.05) is 25.1 Å². The predicted octanol–water partition coefficient (Wildman–Crippen LogP) is 2.08. The molecule has 1 aliphatic rings. The maximum atomic E-state index is 12.4. The molecule has 2 N–H and O–H groups in total. The molecule has 2 aromatic rings. The lowest BCUT2D eigenvalue weighted by Crippen LogP contribution is -2.36. The van der Waals surface area contributed by atoms with Gasteiger partial charge in [-0.05, 0) is 37.1 Å². The minimum Gasteiger partial charge on any atom is -0.336 e. The third kappa shape index (κ3) is 3.64. The molecule has 0 aliphatic heterocycles. The summed E-state index contributed by atoms with van der Waals surface area (Å²) in [4.78, 5) is 30.1. The van der Waals surface area contributed by atoms with Crippen molar-refractivity contribution in [3.05, 3.63) is 40.4 Å². The zero-order valence-electron chi connectivity index (χ0n) is 13.4. The average molecular weight is 392 g/mol. The fraction of sp³-hybridized carbons (Fsp3) is 0.375. The van der Waals surface area contributed by atoms with Crippen molar-refractivity contribution in [1.29, 1.82) is 0 Å². The van der Waals surface area contributed by atoms with Crippen LogP contribution in [0.5, 0.6) is 0 Å². The smallest absolute Gasteiger partial charge is 0.243 e. The van der Waals surface area contributed by atoms with Gasteiger partial charge >= 0.3 is 0 Å². The molecule has 24 heavy (non-hydrogen) atoms. The van der Waals surface area contributed by atoms with Gasteiger partial charge in [0.25, 0.3) is 0 Å². The molecule has 2 amide bonds. The van der Waals surface area contributed by atoms with E-state index < -0.39 is 0 Å². The Morgan fingerprint density at radius 2 is 2.25 bits per heavy atom. The van der Waals surface area contributed by atoms with E-state index in [4.69, 9.17) is 0 Å². The number of aryl methyl sites for hydroxylation is 1. The van der Waals surface area contributed by atoms with E-state index in [1.165, 1.54) is 11.2 Å². The van der Waals surface area contributed by atoms with Gasteiger partial charge in [-0.1, -0.05) is 15.9 Å². The van der Waals surface area contributed by atoms with E-state index in [2.05, 4.69) is 36.4 Å². The summed E-state index contributed by atoms with van der Waals surface area (Å²) >= 11 is 3.39. The van der Waals surface area contributed by atoms with Crippen LogP contribution in [0.25, 0.3) is 0 Å². The summed E-state index contributed by atoms with van der Waals surface area (Å²) in [5.41, 5.74) is 1.70. The molecule has 0 unspecified atom stereocenters. The van der Waals surface area contributed by atoms with Crippen molar-refractivity contribution in [3.63, 3.8) is 0 Å². The first kappa shape index (κ1) is 16.6. The van der Waals surface area contributed by atoms with E-state index in [-0.39, 0.29) is 30.2 Å². The average Bonchev–Trinajstić information content (AvgIpc) is 3.14. The summed E-state index contributed by atoms with van der Waals surface area (Å²) in [5, 5.41) is 9.43. The molecule has 7 nitrogen and oxygen atoms in total. The number of benzene rings is 1. The van der Waals surface area contributed by atoms with Crippen molar-refractivity contribution in [2.75, 3.05) is 18.9 Å². The van der Waals surface area contributed by atoms with Gasteiger partial charge in [0.05, 0.1) is 6.54 Å². The second-order valence-corrected chi connectivity index (χ2v) is 6.94. The number of amides is 2. The molecule has 0 radical (unpaired) electrons. The van der Waals surface area contributed by atoms with Crippen molar-refractivity contribution in [2.24, 2.45) is 5.92 Å². The topological polar surface area (TPSA) is 91.0 Å². The lowest BCUT2D eigenvalue weighted by molar-refractivity contribution is -0.134. The molecule has 1 aromatic carbocycles. The highest BCUT2D eigenvalue weighted by Gasteiger charge is 2.47. The second-order valence-electron chi connectivity index (χ2n) is 6.02. The van der Waals surface area contributed by atoms with Crippen LogP contribution in [0.2, 0.25) is 0 Å². The molecule has 1 fully saturated rings. The number of aromatic nitrogens is 3. The maximum Gasteiger partial charge on any atom is 0.243 e. The second kappa shape index (κ2) is 6.72. The number of nitrogens with zero attached hydrogens (tertiary/aromatic N) is 3. The minimum absolute atomic E-state index is 0.0218. The summed E-state index contributed by atoms with van der Waals surface area (Å²) in [6, 6.07) is 5.63. The van der Waals surface area contributed by atoms with Crippen LogP contribution >= 0.6 is 15.9 Å². The minimum atomic E-state index is -0.215. The Balaban J connectivity index is 1.53. The molecule has 8 heteroatoms. The van der Waals surface area contributed by atoms with Gasteiger partial charge in [0, 0.05) is 29.0 Å². The number of carbonyl (C=O) groups excluding carboxylic acids is 2. The number of likely N-dealkylation sites (N-methyl/N-ethyl adjacent to an activating group) is 1. The van der Waals surface area contributed by atoms with Gasteiger partial charge < -0.3 is 10.2 Å². The first-order valence-electron chi connectivity index (χ1n) is 7.62. The van der Waals surface area contributed by atoms with Crippen LogP contribution in [0.3, 0.4) is 0 Å². The molecule has 3 rings (SSSR count). The monoisotopic (exact) mass is 391 g/mol. The van der Waals surface area contributed by atoms with E-state index >= 15 is 0 Å². The van der Waals surface area contributed by atoms with Crippen LogP contribution in [0, 0.1) is 12.8 Å². The number of H-pyrrole nitrogens is 1. The fourth-order valence-electron chi connectivity index (χ4n) is 2.70. The van der Waals surface area contributed by atoms with Gasteiger partial charge in [-0.15, -0.1) is 0 Å². The molecular weight excluding hydrogens is 374 g/mol. The van der Waals surface area contributed by atoms with E-state index in [1.54, 1.807) is 7.05 Å². The predicted molar refractivity (Wildman–Crippen MR) is 92.4 cm³/mol. The number of hydrogen-bond donors (Lipinski definition) is 2. The third-order valence-corrected chi connectivity index (χ3v) is 4.61. The Bertz CT molecular complexity index is 762. The van der Waals surface area contributed by atoms with Crippen LogP contribution in [-0.4, -0.2) is 45.5 Å². The highest BCUT2D eigenvalue weighted by molar-refractivity contribution is 9.10. The van der Waals surface area contributed by atoms with Gasteiger partial charge in [0.1, 0.15) is 12.2 Å². The van der Waals surface area contributed by atoms with Crippen LogP contribution < -0.4 is 5.32 Å². The van der Waals surface area contributed by atoms with E-state index in [0.717, 1.165) is 28.0 Å². The number of nitrogens with one attached hydrogen (secondary N) is 2. The Kier molecular flexibility index (Phi) is 4.66. The highest BCUT2D eigenvalue weighted by Crippen LogP contribution is 2.46. The number of hydrogen-bond acceptors (Lipinski definition) is 4. The van der Waals surface area contributed by atoms with Gasteiger partial charge in [-0.2, -0.15) is 5.10 Å². The fourth-order valence-corrected chi connectivity index (χ4v) is 3.17. The molecule has 2 atom stereocenters. The van der Waals surface area contributed by atoms with Gasteiger partial charge in [0.15, 0.2) is 0 Å². The van der Waals surface area contributed by atoms with E-state index in [9.17, 15) is 9.59 Å². The molecule has 1 heterocycles. The number of aromatic amines is 1.